The second-order valence-corrected chi connectivity index (χ2v) is 6.53. The second kappa shape index (κ2) is 9.43. The van der Waals surface area contributed by atoms with Crippen LogP contribution in [0.2, 0.25) is 0 Å². The number of methoxy groups -OCH3 is 1. The lowest BCUT2D eigenvalue weighted by Crippen LogP contribution is -2.04. The van der Waals surface area contributed by atoms with Gasteiger partial charge in [-0.25, -0.2) is 0 Å². The van der Waals surface area contributed by atoms with Gasteiger partial charge in [-0.2, -0.15) is 0 Å². The summed E-state index contributed by atoms with van der Waals surface area (Å²) in [6.45, 7) is 0. The fourth-order valence-corrected chi connectivity index (χ4v) is 2.93. The van der Waals surface area contributed by atoms with Crippen molar-refractivity contribution >= 4 is 22.8 Å². The Morgan fingerprint density at radius 2 is 1.47 bits per heavy atom. The normalized spacial score (nSPS) is 11.0. The maximum atomic E-state index is 12.8. The Labute approximate surface area is 173 Å². The number of carbonyl (C=O) groups is 2. The maximum Gasteiger partial charge on any atom is 0.269 e. The molecule has 0 amide bonds. The van der Waals surface area contributed by atoms with Crippen molar-refractivity contribution in [3.05, 3.63) is 112 Å². The molecule has 0 unspecified atom stereocenters. The van der Waals surface area contributed by atoms with Gasteiger partial charge in [0.15, 0.2) is 11.6 Å². The van der Waals surface area contributed by atoms with E-state index in [0.29, 0.717) is 22.4 Å². The van der Waals surface area contributed by atoms with E-state index in [0.717, 1.165) is 5.56 Å². The van der Waals surface area contributed by atoms with Crippen molar-refractivity contribution in [1.82, 2.24) is 0 Å². The van der Waals surface area contributed by atoms with Crippen LogP contribution in [-0.2, 0) is 0 Å². The van der Waals surface area contributed by atoms with E-state index < -0.39 is 4.92 Å². The Bertz CT molecular complexity index is 1080. The number of hydrogen-bond acceptors (Lipinski definition) is 5. The zero-order valence-electron chi connectivity index (χ0n) is 16.3. The Morgan fingerprint density at radius 3 is 2.03 bits per heavy atom. The van der Waals surface area contributed by atoms with Gasteiger partial charge in [0.1, 0.15) is 5.75 Å². The fourth-order valence-electron chi connectivity index (χ4n) is 2.93. The number of benzene rings is 3. The first-order chi connectivity index (χ1) is 14.5. The number of ether oxygens (including phenoxy) is 1. The van der Waals surface area contributed by atoms with Gasteiger partial charge in [-0.1, -0.05) is 30.3 Å². The molecule has 0 bridgehead atoms. The molecule has 0 fully saturated rings. The highest BCUT2D eigenvalue weighted by Crippen LogP contribution is 2.23. The Kier molecular flexibility index (Phi) is 6.49. The fraction of sp³-hybridized carbons (Fsp3) is 0.0833. The molecule has 0 aliphatic carbocycles. The topological polar surface area (TPSA) is 86.5 Å². The molecule has 0 atom stereocenters. The highest BCUT2D eigenvalue weighted by Gasteiger charge is 2.15. The van der Waals surface area contributed by atoms with Crippen LogP contribution in [0.3, 0.4) is 0 Å². The van der Waals surface area contributed by atoms with Crippen LogP contribution in [0.1, 0.15) is 32.7 Å². The average molecular weight is 401 g/mol. The standard InChI is InChI=1S/C24H19NO5/c1-30-22-13-9-19(10-14-22)24(27)16-20(17-5-3-2-4-6-17)15-23(26)18-7-11-21(12-8-18)25(28)29/h2-14,16H,15H2,1H3/b20-16-. The highest BCUT2D eigenvalue weighted by molar-refractivity contribution is 6.11. The summed E-state index contributed by atoms with van der Waals surface area (Å²) in [5, 5.41) is 10.8. The van der Waals surface area contributed by atoms with Crippen LogP contribution in [0.5, 0.6) is 5.75 Å². The molecular formula is C24H19NO5. The zero-order chi connectivity index (χ0) is 21.5. The van der Waals surface area contributed by atoms with Crippen LogP contribution < -0.4 is 4.74 Å². The number of ketones is 2. The van der Waals surface area contributed by atoms with E-state index in [2.05, 4.69) is 0 Å². The van der Waals surface area contributed by atoms with E-state index in [1.165, 1.54) is 30.3 Å². The lowest BCUT2D eigenvalue weighted by Gasteiger charge is -2.08. The summed E-state index contributed by atoms with van der Waals surface area (Å²) in [5.41, 5.74) is 2.07. The molecule has 3 rings (SSSR count). The van der Waals surface area contributed by atoms with Crippen molar-refractivity contribution in [1.29, 1.82) is 0 Å². The lowest BCUT2D eigenvalue weighted by molar-refractivity contribution is -0.384. The molecule has 0 N–H and O–H groups in total. The number of hydrogen-bond donors (Lipinski definition) is 0. The van der Waals surface area contributed by atoms with E-state index in [1.807, 2.05) is 30.3 Å². The monoisotopic (exact) mass is 401 g/mol. The molecule has 0 saturated carbocycles. The minimum absolute atomic E-state index is 0.0102. The summed E-state index contributed by atoms with van der Waals surface area (Å²) in [4.78, 5) is 35.8. The predicted molar refractivity (Wildman–Crippen MR) is 114 cm³/mol. The van der Waals surface area contributed by atoms with E-state index >= 15 is 0 Å². The molecule has 0 heterocycles. The van der Waals surface area contributed by atoms with Crippen LogP contribution in [0.15, 0.2) is 84.9 Å². The number of non-ortho nitro benzene ring substituents is 1. The molecule has 0 aliphatic rings. The van der Waals surface area contributed by atoms with Gasteiger partial charge in [0, 0.05) is 29.7 Å². The SMILES string of the molecule is COc1ccc(C(=O)/C=C(/CC(=O)c2ccc([N+](=O)[O-])cc2)c2ccccc2)cc1. The number of allylic oxidation sites excluding steroid dienone is 2. The van der Waals surface area contributed by atoms with Crippen molar-refractivity contribution in [3.8, 4) is 5.75 Å². The van der Waals surface area contributed by atoms with Gasteiger partial charge in [0.2, 0.25) is 0 Å². The summed E-state index contributed by atoms with van der Waals surface area (Å²) >= 11 is 0. The van der Waals surface area contributed by atoms with Crippen molar-refractivity contribution in [3.63, 3.8) is 0 Å². The van der Waals surface area contributed by atoms with E-state index in [-0.39, 0.29) is 23.7 Å². The van der Waals surface area contributed by atoms with Gasteiger partial charge < -0.3 is 4.74 Å². The first-order valence-corrected chi connectivity index (χ1v) is 9.20. The van der Waals surface area contributed by atoms with Gasteiger partial charge in [-0.3, -0.25) is 19.7 Å². The molecule has 6 heteroatoms. The van der Waals surface area contributed by atoms with Crippen molar-refractivity contribution in [2.45, 2.75) is 6.42 Å². The number of rotatable bonds is 8. The van der Waals surface area contributed by atoms with Gasteiger partial charge >= 0.3 is 0 Å². The summed E-state index contributed by atoms with van der Waals surface area (Å²) in [6.07, 6.45) is 1.45. The van der Waals surface area contributed by atoms with Crippen LogP contribution >= 0.6 is 0 Å². The van der Waals surface area contributed by atoms with Crippen LogP contribution in [0.25, 0.3) is 5.57 Å². The predicted octanol–water partition coefficient (Wildman–Crippen LogP) is 5.14. The Balaban J connectivity index is 1.88. The zero-order valence-corrected chi connectivity index (χ0v) is 16.3. The quantitative estimate of drug-likeness (QED) is 0.226. The second-order valence-electron chi connectivity index (χ2n) is 6.53. The summed E-state index contributed by atoms with van der Waals surface area (Å²) in [6, 6.07) is 21.3. The third-order valence-electron chi connectivity index (χ3n) is 4.58. The highest BCUT2D eigenvalue weighted by atomic mass is 16.6. The summed E-state index contributed by atoms with van der Waals surface area (Å²) in [7, 11) is 1.55. The smallest absolute Gasteiger partial charge is 0.269 e. The molecule has 3 aromatic rings. The van der Waals surface area contributed by atoms with Crippen LogP contribution in [0, 0.1) is 10.1 Å². The van der Waals surface area contributed by atoms with Gasteiger partial charge in [0.05, 0.1) is 12.0 Å². The largest absolute Gasteiger partial charge is 0.497 e. The van der Waals surface area contributed by atoms with Gasteiger partial charge in [0.25, 0.3) is 5.69 Å². The van der Waals surface area contributed by atoms with Crippen LogP contribution in [0.4, 0.5) is 5.69 Å². The molecule has 0 aromatic heterocycles. The van der Waals surface area contributed by atoms with Crippen molar-refractivity contribution in [2.75, 3.05) is 7.11 Å². The molecule has 0 radical (unpaired) electrons. The van der Waals surface area contributed by atoms with Crippen molar-refractivity contribution in [2.24, 2.45) is 0 Å². The number of nitro benzene ring substituents is 1. The minimum atomic E-state index is -0.517. The number of carbonyl (C=O) groups excluding carboxylic acids is 2. The van der Waals surface area contributed by atoms with E-state index in [4.69, 9.17) is 4.74 Å². The van der Waals surface area contributed by atoms with E-state index in [9.17, 15) is 19.7 Å². The maximum absolute atomic E-state index is 12.8. The van der Waals surface area contributed by atoms with Crippen LogP contribution in [-0.4, -0.2) is 23.6 Å². The van der Waals surface area contributed by atoms with Gasteiger partial charge in [-0.05, 0) is 53.6 Å². The number of nitro groups is 1. The van der Waals surface area contributed by atoms with Gasteiger partial charge in [-0.15, -0.1) is 0 Å². The first kappa shape index (κ1) is 20.7. The molecule has 0 saturated heterocycles. The average Bonchev–Trinajstić information content (AvgIpc) is 2.79. The molecule has 3 aromatic carbocycles. The Hall–Kier alpha value is -4.06. The third kappa shape index (κ3) is 5.05. The Morgan fingerprint density at radius 1 is 0.867 bits per heavy atom. The lowest BCUT2D eigenvalue weighted by atomic mass is 9.95. The number of Topliss-reactive ketones (excluding diaryl/α,β-unsaturated/α-hetero) is 1. The molecule has 30 heavy (non-hydrogen) atoms. The summed E-state index contributed by atoms with van der Waals surface area (Å²) in [5.74, 6) is 0.183. The first-order valence-electron chi connectivity index (χ1n) is 9.20. The summed E-state index contributed by atoms with van der Waals surface area (Å²) < 4.78 is 5.11. The van der Waals surface area contributed by atoms with Crippen molar-refractivity contribution < 1.29 is 19.2 Å². The van der Waals surface area contributed by atoms with E-state index in [1.54, 1.807) is 31.4 Å². The minimum Gasteiger partial charge on any atom is -0.497 e. The molecule has 6 nitrogen and oxygen atoms in total. The molecule has 150 valence electrons. The molecule has 0 aliphatic heterocycles. The molecular weight excluding hydrogens is 382 g/mol. The molecule has 0 spiro atoms. The third-order valence-corrected chi connectivity index (χ3v) is 4.58. The number of nitrogens with zero attached hydrogens (tertiary/aromatic N) is 1.